The summed E-state index contributed by atoms with van der Waals surface area (Å²) in [6.45, 7) is 1.55. The molecule has 16 heavy (non-hydrogen) atoms. The number of hydrogen-bond acceptors (Lipinski definition) is 5. The van der Waals surface area contributed by atoms with Crippen molar-refractivity contribution in [3.63, 3.8) is 0 Å². The van der Waals surface area contributed by atoms with Gasteiger partial charge in [-0.15, -0.1) is 0 Å². The van der Waals surface area contributed by atoms with Crippen molar-refractivity contribution in [1.82, 2.24) is 9.55 Å². The van der Waals surface area contributed by atoms with Crippen LogP contribution in [0.2, 0.25) is 0 Å². The van der Waals surface area contributed by atoms with Crippen LogP contribution in [0.4, 0.5) is 5.82 Å². The molecular weight excluding hydrogens is 234 g/mol. The normalized spacial score (nSPS) is 12.4. The minimum absolute atomic E-state index is 0.231. The molecule has 88 valence electrons. The number of hydrogen-bond donors (Lipinski definition) is 1. The molecule has 1 rings (SSSR count). The Kier molecular flexibility index (Phi) is 3.88. The summed E-state index contributed by atoms with van der Waals surface area (Å²) in [6, 6.07) is 0. The van der Waals surface area contributed by atoms with E-state index in [0.717, 1.165) is 11.8 Å². The zero-order valence-electron chi connectivity index (χ0n) is 8.78. The Morgan fingerprint density at radius 3 is 2.94 bits per heavy atom. The number of carboxylic acid groups (broad SMARTS) is 1. The molecule has 1 atom stereocenters. The van der Waals surface area contributed by atoms with Crippen molar-refractivity contribution in [2.75, 3.05) is 5.75 Å². The number of carbonyl (C=O) groups is 1. The van der Waals surface area contributed by atoms with Crippen LogP contribution in [-0.4, -0.2) is 31.3 Å². The summed E-state index contributed by atoms with van der Waals surface area (Å²) in [6.07, 6.45) is 1.34. The van der Waals surface area contributed by atoms with Gasteiger partial charge in [0.2, 0.25) is 6.33 Å². The number of aromatic nitrogens is 2. The minimum Gasteiger partial charge on any atom is -0.481 e. The van der Waals surface area contributed by atoms with Crippen molar-refractivity contribution >= 4 is 23.5 Å². The number of imidazole rings is 1. The van der Waals surface area contributed by atoms with Gasteiger partial charge in [0.25, 0.3) is 0 Å². The van der Waals surface area contributed by atoms with Gasteiger partial charge in [0.1, 0.15) is 0 Å². The molecule has 0 aliphatic carbocycles. The van der Waals surface area contributed by atoms with E-state index in [0.29, 0.717) is 5.03 Å². The quantitative estimate of drug-likeness (QED) is 0.474. The maximum absolute atomic E-state index is 10.6. The third-order valence-corrected chi connectivity index (χ3v) is 3.34. The zero-order chi connectivity index (χ0) is 12.3. The molecule has 1 aromatic heterocycles. The highest BCUT2D eigenvalue weighted by Crippen LogP contribution is 2.28. The molecule has 0 aliphatic heterocycles. The Morgan fingerprint density at radius 1 is 1.81 bits per heavy atom. The second-order valence-electron chi connectivity index (χ2n) is 3.29. The van der Waals surface area contributed by atoms with Gasteiger partial charge >= 0.3 is 11.8 Å². The van der Waals surface area contributed by atoms with Gasteiger partial charge < -0.3 is 19.8 Å². The molecule has 0 amide bonds. The molecule has 0 aliphatic rings. The number of nitrogens with zero attached hydrogens (tertiary/aromatic N) is 3. The lowest BCUT2D eigenvalue weighted by molar-refractivity contribution is -0.392. The first-order valence-electron chi connectivity index (χ1n) is 4.44. The SMILES string of the molecule is CC(CSc1c([N+](=O)[O-])ncn1C)C(=O)O. The molecule has 1 heterocycles. The molecule has 1 N–H and O–H groups in total. The van der Waals surface area contributed by atoms with E-state index < -0.39 is 16.8 Å². The average molecular weight is 245 g/mol. The van der Waals surface area contributed by atoms with Gasteiger partial charge in [-0.1, -0.05) is 18.7 Å². The van der Waals surface area contributed by atoms with Gasteiger partial charge in [0.05, 0.1) is 5.92 Å². The Balaban J connectivity index is 2.77. The van der Waals surface area contributed by atoms with Crippen LogP contribution in [0.1, 0.15) is 6.92 Å². The molecule has 1 unspecified atom stereocenters. The zero-order valence-corrected chi connectivity index (χ0v) is 9.60. The standard InChI is InChI=1S/C8H11N3O4S/c1-5(8(12)13)3-16-7-6(11(14)15)9-4-10(7)2/h4-5H,3H2,1-2H3,(H,12,13). The summed E-state index contributed by atoms with van der Waals surface area (Å²) in [7, 11) is 1.63. The molecule has 0 spiro atoms. The fourth-order valence-corrected chi connectivity index (χ4v) is 2.03. The maximum atomic E-state index is 10.6. The summed E-state index contributed by atoms with van der Waals surface area (Å²) in [5, 5.41) is 19.7. The fourth-order valence-electron chi connectivity index (χ4n) is 0.974. The molecular formula is C8H11N3O4S. The molecule has 8 heteroatoms. The number of thioether (sulfide) groups is 1. The Bertz CT molecular complexity index is 417. The van der Waals surface area contributed by atoms with Crippen LogP contribution in [-0.2, 0) is 11.8 Å². The van der Waals surface area contributed by atoms with Crippen molar-refractivity contribution in [2.45, 2.75) is 11.9 Å². The first-order chi connectivity index (χ1) is 7.43. The van der Waals surface area contributed by atoms with Crippen molar-refractivity contribution < 1.29 is 14.8 Å². The molecule has 7 nitrogen and oxygen atoms in total. The summed E-state index contributed by atoms with van der Waals surface area (Å²) in [5.74, 6) is -1.43. The number of carboxylic acids is 1. The van der Waals surface area contributed by atoms with Crippen molar-refractivity contribution in [2.24, 2.45) is 13.0 Å². The number of aryl methyl sites for hydroxylation is 1. The van der Waals surface area contributed by atoms with Crippen LogP contribution in [0.15, 0.2) is 11.4 Å². The monoisotopic (exact) mass is 245 g/mol. The van der Waals surface area contributed by atoms with Crippen molar-refractivity contribution in [1.29, 1.82) is 0 Å². The van der Waals surface area contributed by atoms with E-state index in [2.05, 4.69) is 4.98 Å². The second kappa shape index (κ2) is 4.97. The fraction of sp³-hybridized carbons (Fsp3) is 0.500. The van der Waals surface area contributed by atoms with E-state index in [-0.39, 0.29) is 11.6 Å². The van der Waals surface area contributed by atoms with Crippen LogP contribution in [0.25, 0.3) is 0 Å². The molecule has 0 saturated heterocycles. The lowest BCUT2D eigenvalue weighted by Gasteiger charge is -2.05. The van der Waals surface area contributed by atoms with Gasteiger partial charge in [-0.3, -0.25) is 4.79 Å². The van der Waals surface area contributed by atoms with Gasteiger partial charge in [-0.25, -0.2) is 0 Å². The van der Waals surface area contributed by atoms with E-state index in [9.17, 15) is 14.9 Å². The van der Waals surface area contributed by atoms with Gasteiger partial charge in [-0.2, -0.15) is 0 Å². The van der Waals surface area contributed by atoms with Crippen molar-refractivity contribution in [3.8, 4) is 0 Å². The van der Waals surface area contributed by atoms with Crippen LogP contribution >= 0.6 is 11.8 Å². The smallest absolute Gasteiger partial charge is 0.395 e. The number of nitro groups is 1. The van der Waals surface area contributed by atoms with E-state index in [1.807, 2.05) is 0 Å². The number of aliphatic carboxylic acids is 1. The predicted octanol–water partition coefficient (Wildman–Crippen LogP) is 1.14. The Morgan fingerprint density at radius 2 is 2.44 bits per heavy atom. The lowest BCUT2D eigenvalue weighted by atomic mass is 10.2. The van der Waals surface area contributed by atoms with E-state index in [1.54, 1.807) is 14.0 Å². The van der Waals surface area contributed by atoms with Crippen LogP contribution in [0.3, 0.4) is 0 Å². The molecule has 0 fully saturated rings. The predicted molar refractivity (Wildman–Crippen MR) is 57.4 cm³/mol. The topological polar surface area (TPSA) is 98.3 Å². The van der Waals surface area contributed by atoms with Crippen LogP contribution in [0.5, 0.6) is 0 Å². The third-order valence-electron chi connectivity index (χ3n) is 1.93. The van der Waals surface area contributed by atoms with Crippen LogP contribution < -0.4 is 0 Å². The van der Waals surface area contributed by atoms with Gasteiger partial charge in [-0.05, 0) is 9.91 Å². The molecule has 0 radical (unpaired) electrons. The first kappa shape index (κ1) is 12.5. The molecule has 0 aromatic carbocycles. The Labute approximate surface area is 95.6 Å². The van der Waals surface area contributed by atoms with E-state index in [1.165, 1.54) is 10.9 Å². The Hall–Kier alpha value is -1.57. The number of rotatable bonds is 5. The second-order valence-corrected chi connectivity index (χ2v) is 4.30. The molecule has 1 aromatic rings. The average Bonchev–Trinajstić information content (AvgIpc) is 2.56. The van der Waals surface area contributed by atoms with Crippen molar-refractivity contribution in [3.05, 3.63) is 16.4 Å². The summed E-state index contributed by atoms with van der Waals surface area (Å²) in [5.41, 5.74) is 0. The van der Waals surface area contributed by atoms with E-state index in [4.69, 9.17) is 5.11 Å². The maximum Gasteiger partial charge on any atom is 0.395 e. The van der Waals surface area contributed by atoms with Gasteiger partial charge in [0.15, 0.2) is 5.03 Å². The lowest BCUT2D eigenvalue weighted by Crippen LogP contribution is -2.12. The molecule has 0 bridgehead atoms. The summed E-state index contributed by atoms with van der Waals surface area (Å²) < 4.78 is 1.51. The minimum atomic E-state index is -0.919. The molecule has 0 saturated carbocycles. The summed E-state index contributed by atoms with van der Waals surface area (Å²) >= 11 is 1.12. The highest BCUT2D eigenvalue weighted by Gasteiger charge is 2.22. The first-order valence-corrected chi connectivity index (χ1v) is 5.43. The highest BCUT2D eigenvalue weighted by atomic mass is 32.2. The largest absolute Gasteiger partial charge is 0.481 e. The van der Waals surface area contributed by atoms with Gasteiger partial charge in [0, 0.05) is 12.8 Å². The highest BCUT2D eigenvalue weighted by molar-refractivity contribution is 7.99. The summed E-state index contributed by atoms with van der Waals surface area (Å²) in [4.78, 5) is 24.3. The van der Waals surface area contributed by atoms with E-state index >= 15 is 0 Å². The van der Waals surface area contributed by atoms with Crippen LogP contribution in [0, 0.1) is 16.0 Å². The third kappa shape index (κ3) is 2.72.